The van der Waals surface area contributed by atoms with Crippen molar-refractivity contribution in [2.45, 2.75) is 18.0 Å². The number of nitrogens with zero attached hydrogens (tertiary/aromatic N) is 7. The Morgan fingerprint density at radius 3 is 2.83 bits per heavy atom. The molecule has 2 aliphatic rings. The number of carboxylic acid groups (broad SMARTS) is 1. The number of carboxylic acids is 1. The molecule has 3 amide bonds. The van der Waals surface area contributed by atoms with Crippen LogP contribution in [0.3, 0.4) is 0 Å². The first-order valence-electron chi connectivity index (χ1n) is 11.8. The van der Waals surface area contributed by atoms with E-state index < -0.39 is 29.2 Å². The third kappa shape index (κ3) is 5.28. The Labute approximate surface area is 239 Å². The maximum absolute atomic E-state index is 13.2. The Balaban J connectivity index is 1.35. The second-order valence-electron chi connectivity index (χ2n) is 8.58. The molecule has 1 fully saturated rings. The molecule has 0 unspecified atom stereocenters. The Morgan fingerprint density at radius 2 is 2.15 bits per heavy atom. The summed E-state index contributed by atoms with van der Waals surface area (Å²) in [6.07, 6.45) is 3.34. The zero-order valence-electron chi connectivity index (χ0n) is 21.5. The number of amides is 3. The average molecular weight is 604 g/mol. The number of aromatic nitrogens is 5. The van der Waals surface area contributed by atoms with Crippen molar-refractivity contribution in [1.29, 1.82) is 0 Å². The lowest BCUT2D eigenvalue weighted by molar-refractivity contribution is -0.662. The van der Waals surface area contributed by atoms with E-state index in [-0.39, 0.29) is 53.1 Å². The number of fused-ring (bicyclic) bond motifs is 2. The largest absolute Gasteiger partial charge is 0.477 e. The number of anilines is 1. The fourth-order valence-electron chi connectivity index (χ4n) is 4.25. The number of aliphatic carboxylic acids is 1. The molecule has 5 N–H and O–H groups in total. The van der Waals surface area contributed by atoms with E-state index in [1.54, 1.807) is 29.1 Å². The van der Waals surface area contributed by atoms with Gasteiger partial charge in [-0.2, -0.15) is 9.36 Å². The number of hydrogen-bond donors (Lipinski definition) is 4. The van der Waals surface area contributed by atoms with E-state index >= 15 is 0 Å². The molecule has 41 heavy (non-hydrogen) atoms. The molecule has 214 valence electrons. The van der Waals surface area contributed by atoms with Crippen molar-refractivity contribution in [1.82, 2.24) is 34.5 Å². The molecule has 0 aliphatic carbocycles. The number of nitrogen functional groups attached to an aromatic ring is 1. The number of imidazole rings is 1. The van der Waals surface area contributed by atoms with Crippen LogP contribution in [-0.4, -0.2) is 96.5 Å². The smallest absolute Gasteiger partial charge is 0.352 e. The van der Waals surface area contributed by atoms with Crippen molar-refractivity contribution in [3.8, 4) is 0 Å². The van der Waals surface area contributed by atoms with E-state index in [1.165, 1.54) is 30.4 Å². The minimum absolute atomic E-state index is 0.0943. The van der Waals surface area contributed by atoms with Gasteiger partial charge in [-0.25, -0.2) is 9.36 Å². The van der Waals surface area contributed by atoms with Crippen molar-refractivity contribution in [2.24, 2.45) is 5.16 Å². The molecule has 3 aromatic heterocycles. The summed E-state index contributed by atoms with van der Waals surface area (Å²) < 4.78 is 12.0. The van der Waals surface area contributed by atoms with Gasteiger partial charge in [0.25, 0.3) is 17.7 Å². The van der Waals surface area contributed by atoms with E-state index in [0.717, 1.165) is 16.4 Å². The average Bonchev–Trinajstić information content (AvgIpc) is 3.58. The lowest BCUT2D eigenvalue weighted by atomic mass is 10.0. The number of carbonyl (C=O) groups excluding carboxylic acids is 3. The van der Waals surface area contributed by atoms with Crippen LogP contribution >= 0.6 is 23.3 Å². The van der Waals surface area contributed by atoms with Gasteiger partial charge in [-0.15, -0.1) is 16.3 Å². The van der Waals surface area contributed by atoms with Crippen molar-refractivity contribution < 1.29 is 38.4 Å². The number of ether oxygens (including phenoxy) is 1. The molecule has 5 heterocycles. The predicted molar refractivity (Wildman–Crippen MR) is 142 cm³/mol. The van der Waals surface area contributed by atoms with Crippen LogP contribution in [0.15, 0.2) is 41.0 Å². The molecule has 19 heteroatoms. The maximum atomic E-state index is 13.2. The summed E-state index contributed by atoms with van der Waals surface area (Å²) in [6, 6.07) is 2.22. The molecule has 0 radical (unpaired) electrons. The van der Waals surface area contributed by atoms with Crippen LogP contribution in [0, 0.1) is 0 Å². The summed E-state index contributed by atoms with van der Waals surface area (Å²) in [7, 11) is 2.87. The molecular formula is C22H23N10O7S2+. The summed E-state index contributed by atoms with van der Waals surface area (Å²) in [5, 5.41) is 22.6. The van der Waals surface area contributed by atoms with Crippen LogP contribution in [0.25, 0.3) is 5.65 Å². The van der Waals surface area contributed by atoms with Gasteiger partial charge >= 0.3 is 11.6 Å². The molecule has 17 nitrogen and oxygen atoms in total. The molecule has 2 atom stereocenters. The van der Waals surface area contributed by atoms with E-state index in [1.807, 2.05) is 0 Å². The van der Waals surface area contributed by atoms with Crippen molar-refractivity contribution in [3.63, 3.8) is 0 Å². The van der Waals surface area contributed by atoms with Crippen LogP contribution in [0.4, 0.5) is 5.13 Å². The number of carbonyl (C=O) groups is 4. The zero-order chi connectivity index (χ0) is 29.3. The molecule has 5 rings (SSSR count). The minimum Gasteiger partial charge on any atom is -0.477 e. The molecule has 0 bridgehead atoms. The summed E-state index contributed by atoms with van der Waals surface area (Å²) in [4.78, 5) is 60.5. The van der Waals surface area contributed by atoms with Gasteiger partial charge in [-0.05, 0) is 6.07 Å². The highest BCUT2D eigenvalue weighted by atomic mass is 32.2. The standard InChI is InChI=1S/C22H22N10O7S2/c1-24-17(33)11-3-4-12-30(5-6-31(12)27-11)7-10-8-40-20-14(19(35)32(20)15(10)21(36)37)25-18(34)13(28-39-9-38-2)16-26-22(23)41-29-16/h3-6,14,20H,7-9H2,1-2H3,(H4-,23,24,25,26,29,33,34,36,37)/p+1/b28-13-/t14-,20-/m1/s1. The second-order valence-corrected chi connectivity index (χ2v) is 10.5. The summed E-state index contributed by atoms with van der Waals surface area (Å²) in [6.45, 7) is -0.0920. The van der Waals surface area contributed by atoms with Crippen molar-refractivity contribution >= 4 is 63.5 Å². The fraction of sp³-hybridized carbons (Fsp3) is 0.318. The SMILES string of the molecule is CNC(=O)c1ccc2n(cc[n+]2CC2=C(C(=O)O)N3C(=O)[C@@H](NC(=O)/C(=N\OCOC)c4nsc(N)n4)[C@H]3SC2)n1. The Kier molecular flexibility index (Phi) is 7.81. The summed E-state index contributed by atoms with van der Waals surface area (Å²) in [5.74, 6) is -2.84. The topological polar surface area (TPSA) is 220 Å². The van der Waals surface area contributed by atoms with E-state index in [4.69, 9.17) is 15.3 Å². The van der Waals surface area contributed by atoms with Crippen LogP contribution in [0.5, 0.6) is 0 Å². The van der Waals surface area contributed by atoms with E-state index in [9.17, 15) is 24.3 Å². The third-order valence-electron chi connectivity index (χ3n) is 6.07. The predicted octanol–water partition coefficient (Wildman–Crippen LogP) is -1.82. The van der Waals surface area contributed by atoms with Gasteiger partial charge in [0.05, 0.1) is 0 Å². The second kappa shape index (κ2) is 11.5. The maximum Gasteiger partial charge on any atom is 0.352 e. The molecular weight excluding hydrogens is 580 g/mol. The third-order valence-corrected chi connectivity index (χ3v) is 7.96. The number of methoxy groups -OCH3 is 1. The number of nitrogens with one attached hydrogen (secondary N) is 2. The zero-order valence-corrected chi connectivity index (χ0v) is 23.1. The monoisotopic (exact) mass is 603 g/mol. The number of oxime groups is 1. The number of nitrogens with two attached hydrogens (primary N) is 1. The number of β-lactam (4-membered cyclic amide) rings is 1. The summed E-state index contributed by atoms with van der Waals surface area (Å²) >= 11 is 2.15. The van der Waals surface area contributed by atoms with Gasteiger partial charge in [0.1, 0.15) is 29.9 Å². The molecule has 0 aromatic carbocycles. The van der Waals surface area contributed by atoms with Crippen LogP contribution in [-0.2, 0) is 30.5 Å². The Bertz CT molecular complexity index is 1620. The molecule has 3 aromatic rings. The fourth-order valence-corrected chi connectivity index (χ4v) is 6.02. The van der Waals surface area contributed by atoms with Crippen LogP contribution in [0.2, 0.25) is 0 Å². The first-order valence-corrected chi connectivity index (χ1v) is 13.6. The highest BCUT2D eigenvalue weighted by molar-refractivity contribution is 8.00. The van der Waals surface area contributed by atoms with Crippen molar-refractivity contribution in [2.75, 3.05) is 32.4 Å². The van der Waals surface area contributed by atoms with Gasteiger partial charge in [-0.1, -0.05) is 10.3 Å². The minimum atomic E-state index is -1.27. The van der Waals surface area contributed by atoms with Gasteiger partial charge in [-0.3, -0.25) is 19.3 Å². The van der Waals surface area contributed by atoms with Gasteiger partial charge in [0, 0.05) is 43.1 Å². The molecule has 0 spiro atoms. The Morgan fingerprint density at radius 1 is 1.34 bits per heavy atom. The number of thioether (sulfide) groups is 1. The van der Waals surface area contributed by atoms with E-state index in [0.29, 0.717) is 11.2 Å². The normalized spacial score (nSPS) is 18.6. The van der Waals surface area contributed by atoms with E-state index in [2.05, 4.69) is 30.2 Å². The van der Waals surface area contributed by atoms with Gasteiger partial charge in [0.15, 0.2) is 17.0 Å². The highest BCUT2D eigenvalue weighted by Gasteiger charge is 2.54. The van der Waals surface area contributed by atoms with Gasteiger partial charge < -0.3 is 31.0 Å². The number of rotatable bonds is 10. The molecule has 1 saturated heterocycles. The Hall–Kier alpha value is -4.62. The molecule has 0 saturated carbocycles. The van der Waals surface area contributed by atoms with Gasteiger partial charge in [0.2, 0.25) is 18.3 Å². The first-order chi connectivity index (χ1) is 19.7. The lowest BCUT2D eigenvalue weighted by Crippen LogP contribution is -2.71. The first kappa shape index (κ1) is 27.9. The summed E-state index contributed by atoms with van der Waals surface area (Å²) in [5.41, 5.74) is 6.47. The van der Waals surface area contributed by atoms with Crippen LogP contribution < -0.4 is 20.9 Å². The van der Waals surface area contributed by atoms with Crippen LogP contribution in [0.1, 0.15) is 16.3 Å². The van der Waals surface area contributed by atoms with Crippen molar-refractivity contribution in [3.05, 3.63) is 47.3 Å². The quantitative estimate of drug-likeness (QED) is 0.0503. The lowest BCUT2D eigenvalue weighted by Gasteiger charge is -2.49. The highest BCUT2D eigenvalue weighted by Crippen LogP contribution is 2.40. The molecule has 2 aliphatic heterocycles. The number of hydrogen-bond acceptors (Lipinski definition) is 13.